The fourth-order valence-electron chi connectivity index (χ4n) is 14.4. The van der Waals surface area contributed by atoms with Gasteiger partial charge in [-0.3, -0.25) is 29.4 Å². The van der Waals surface area contributed by atoms with E-state index in [-0.39, 0.29) is 27.7 Å². The van der Waals surface area contributed by atoms with Gasteiger partial charge in [0.1, 0.15) is 0 Å². The van der Waals surface area contributed by atoms with Gasteiger partial charge >= 0.3 is 0 Å². The van der Waals surface area contributed by atoms with Crippen LogP contribution in [0.5, 0.6) is 0 Å². The quantitative estimate of drug-likeness (QED) is 0.230. The van der Waals surface area contributed by atoms with E-state index in [0.29, 0.717) is 21.7 Å². The lowest BCUT2D eigenvalue weighted by Gasteiger charge is -2.70. The standard InChI is InChI=1S/C48H86N8O2/c1-40(2,53-28-46(29-53)17-21-51(27-46)39-11-12-39)13-14-43(7,55-30-45(31-55)16-19-49(9)24-45)23-44(8,42(5,6)52-18-10-22-57-38-52)56-32-47(33-56)25-50(26-47)20-15-41(3,4)54-34-48(35-54)36-58-37-48/h39H,10-38H2,1-9H3. The Labute approximate surface area is 354 Å². The Morgan fingerprint density at radius 1 is 0.552 bits per heavy atom. The third-order valence-electron chi connectivity index (χ3n) is 19.6. The fraction of sp³-hybridized carbons (Fsp3) is 1.00. The van der Waals surface area contributed by atoms with Gasteiger partial charge in [-0.15, -0.1) is 0 Å². The van der Waals surface area contributed by atoms with Crippen molar-refractivity contribution in [3.8, 4) is 0 Å². The first kappa shape index (κ1) is 41.6. The maximum absolute atomic E-state index is 6.24. The van der Waals surface area contributed by atoms with Crippen LogP contribution < -0.4 is 0 Å². The first-order chi connectivity index (χ1) is 27.3. The minimum absolute atomic E-state index is 0.00475. The highest BCUT2D eigenvalue weighted by atomic mass is 16.5. The second-order valence-corrected chi connectivity index (χ2v) is 25.6. The molecule has 0 radical (unpaired) electrons. The molecular formula is C48H86N8O2. The minimum atomic E-state index is -0.00475. The smallest absolute Gasteiger partial charge is 0.0995 e. The van der Waals surface area contributed by atoms with Crippen molar-refractivity contribution in [1.29, 1.82) is 0 Å². The summed E-state index contributed by atoms with van der Waals surface area (Å²) in [6.07, 6.45) is 11.9. The highest BCUT2D eigenvalue weighted by Gasteiger charge is 2.64. The summed E-state index contributed by atoms with van der Waals surface area (Å²) in [6.45, 7) is 44.8. The normalized spacial score (nSPS) is 33.1. The summed E-state index contributed by atoms with van der Waals surface area (Å²) in [5, 5.41) is 0. The molecule has 0 bridgehead atoms. The molecule has 9 heterocycles. The Balaban J connectivity index is 0.827. The van der Waals surface area contributed by atoms with Crippen molar-refractivity contribution in [1.82, 2.24) is 39.2 Å². The molecule has 2 atom stereocenters. The zero-order valence-corrected chi connectivity index (χ0v) is 39.0. The molecule has 10 fully saturated rings. The molecule has 0 N–H and O–H groups in total. The molecular weight excluding hydrogens is 721 g/mol. The Morgan fingerprint density at radius 3 is 1.74 bits per heavy atom. The first-order valence-corrected chi connectivity index (χ1v) is 24.3. The van der Waals surface area contributed by atoms with E-state index in [1.54, 1.807) is 0 Å². The average Bonchev–Trinajstić information content (AvgIpc) is 3.68. The van der Waals surface area contributed by atoms with Crippen molar-refractivity contribution in [3.63, 3.8) is 0 Å². The highest BCUT2D eigenvalue weighted by Crippen LogP contribution is 2.54. The van der Waals surface area contributed by atoms with Crippen molar-refractivity contribution in [2.75, 3.05) is 138 Å². The van der Waals surface area contributed by atoms with Gasteiger partial charge in [0.05, 0.1) is 19.9 Å². The van der Waals surface area contributed by atoms with Crippen molar-refractivity contribution in [2.24, 2.45) is 21.7 Å². The number of nitrogens with zero attached hydrogens (tertiary/aromatic N) is 8. The predicted molar refractivity (Wildman–Crippen MR) is 234 cm³/mol. The lowest BCUT2D eigenvalue weighted by Crippen LogP contribution is -2.81. The van der Waals surface area contributed by atoms with Gasteiger partial charge in [0.2, 0.25) is 0 Å². The first-order valence-electron chi connectivity index (χ1n) is 24.3. The summed E-state index contributed by atoms with van der Waals surface area (Å²) in [7, 11) is 2.35. The van der Waals surface area contributed by atoms with E-state index in [0.717, 1.165) is 45.6 Å². The summed E-state index contributed by atoms with van der Waals surface area (Å²) in [4.78, 5) is 22.6. The monoisotopic (exact) mass is 807 g/mol. The molecule has 0 aromatic rings. The van der Waals surface area contributed by atoms with Gasteiger partial charge in [0, 0.05) is 147 Å². The highest BCUT2D eigenvalue weighted by molar-refractivity contribution is 5.19. The van der Waals surface area contributed by atoms with E-state index in [2.05, 4.69) is 102 Å². The molecule has 58 heavy (non-hydrogen) atoms. The van der Waals surface area contributed by atoms with Crippen LogP contribution in [0.3, 0.4) is 0 Å². The van der Waals surface area contributed by atoms with E-state index in [4.69, 9.17) is 9.47 Å². The molecule has 330 valence electrons. The van der Waals surface area contributed by atoms with E-state index in [1.807, 2.05) is 0 Å². The Morgan fingerprint density at radius 2 is 1.16 bits per heavy atom. The summed E-state index contributed by atoms with van der Waals surface area (Å²) in [5.74, 6) is 0. The Hall–Kier alpha value is -0.400. The maximum Gasteiger partial charge on any atom is 0.0995 e. The van der Waals surface area contributed by atoms with Crippen LogP contribution in [0.15, 0.2) is 0 Å². The zero-order chi connectivity index (χ0) is 40.6. The maximum atomic E-state index is 6.24. The minimum Gasteiger partial charge on any atom is -0.380 e. The molecule has 0 amide bonds. The molecule has 10 aliphatic rings. The van der Waals surface area contributed by atoms with Gasteiger partial charge in [0.25, 0.3) is 0 Å². The zero-order valence-electron chi connectivity index (χ0n) is 39.0. The van der Waals surface area contributed by atoms with Crippen LogP contribution in [0.4, 0.5) is 0 Å². The van der Waals surface area contributed by atoms with Crippen LogP contribution in [0.2, 0.25) is 0 Å². The molecule has 10 rings (SSSR count). The molecule has 4 spiro atoms. The molecule has 9 aliphatic heterocycles. The Bertz CT molecular complexity index is 1500. The van der Waals surface area contributed by atoms with Crippen LogP contribution in [-0.2, 0) is 9.47 Å². The van der Waals surface area contributed by atoms with E-state index >= 15 is 0 Å². The SMILES string of the molecule is CN1CCC2(C1)CN(C(C)(CCC(C)(C)N1CC3(CCN(C4CC4)C3)C1)CC(C)(N1CC3(CN(CCC(C)(C)N4CC5(COC5)C4)C3)C1)C(C)(C)N1CCCOC1)C2. The van der Waals surface area contributed by atoms with Gasteiger partial charge in [-0.05, 0) is 140 Å². The molecule has 1 aliphatic carbocycles. The number of ether oxygens (including phenoxy) is 2. The molecule has 0 aromatic carbocycles. The van der Waals surface area contributed by atoms with Crippen LogP contribution in [0.1, 0.15) is 113 Å². The second kappa shape index (κ2) is 14.0. The molecule has 1 saturated carbocycles. The summed E-state index contributed by atoms with van der Waals surface area (Å²) in [6, 6.07) is 0.921. The number of likely N-dealkylation sites (tertiary alicyclic amines) is 7. The molecule has 9 saturated heterocycles. The van der Waals surface area contributed by atoms with Crippen molar-refractivity contribution >= 4 is 0 Å². The van der Waals surface area contributed by atoms with Crippen molar-refractivity contribution < 1.29 is 9.47 Å². The Kier molecular flexibility index (Phi) is 10.1. The van der Waals surface area contributed by atoms with Crippen LogP contribution in [0.25, 0.3) is 0 Å². The van der Waals surface area contributed by atoms with Crippen molar-refractivity contribution in [2.45, 2.75) is 147 Å². The van der Waals surface area contributed by atoms with E-state index < -0.39 is 0 Å². The van der Waals surface area contributed by atoms with Gasteiger partial charge < -0.3 is 19.3 Å². The largest absolute Gasteiger partial charge is 0.380 e. The number of hydrogen-bond acceptors (Lipinski definition) is 10. The van der Waals surface area contributed by atoms with Crippen molar-refractivity contribution in [3.05, 3.63) is 0 Å². The number of hydrogen-bond donors (Lipinski definition) is 0. The van der Waals surface area contributed by atoms with Gasteiger partial charge in [0.15, 0.2) is 0 Å². The molecule has 0 aromatic heterocycles. The van der Waals surface area contributed by atoms with E-state index in [1.165, 1.54) is 150 Å². The average molecular weight is 807 g/mol. The molecule has 10 nitrogen and oxygen atoms in total. The van der Waals surface area contributed by atoms with Crippen LogP contribution >= 0.6 is 0 Å². The van der Waals surface area contributed by atoms with Gasteiger partial charge in [-0.25, -0.2) is 0 Å². The van der Waals surface area contributed by atoms with Gasteiger partial charge in [-0.1, -0.05) is 0 Å². The fourth-order valence-corrected chi connectivity index (χ4v) is 14.4. The third-order valence-corrected chi connectivity index (χ3v) is 19.6. The lowest BCUT2D eigenvalue weighted by molar-refractivity contribution is -0.216. The number of rotatable bonds is 15. The van der Waals surface area contributed by atoms with Crippen LogP contribution in [-0.4, -0.2) is 211 Å². The van der Waals surface area contributed by atoms with Gasteiger partial charge in [-0.2, -0.15) is 0 Å². The summed E-state index contributed by atoms with van der Waals surface area (Å²) in [5.41, 5.74) is 2.73. The van der Waals surface area contributed by atoms with E-state index in [9.17, 15) is 0 Å². The molecule has 10 heteroatoms. The van der Waals surface area contributed by atoms with Crippen LogP contribution in [0, 0.1) is 21.7 Å². The topological polar surface area (TPSA) is 44.4 Å². The second-order valence-electron chi connectivity index (χ2n) is 25.6. The third kappa shape index (κ3) is 7.12. The predicted octanol–water partition coefficient (Wildman–Crippen LogP) is 4.84. The molecule has 2 unspecified atom stereocenters. The lowest BCUT2D eigenvalue weighted by atomic mass is 9.62. The summed E-state index contributed by atoms with van der Waals surface area (Å²) < 4.78 is 11.8. The summed E-state index contributed by atoms with van der Waals surface area (Å²) >= 11 is 0.